The van der Waals surface area contributed by atoms with Crippen molar-refractivity contribution in [3.63, 3.8) is 0 Å². The van der Waals surface area contributed by atoms with Crippen LogP contribution in [0.25, 0.3) is 21.9 Å². The van der Waals surface area contributed by atoms with Crippen molar-refractivity contribution in [3.05, 3.63) is 181 Å². The van der Waals surface area contributed by atoms with Gasteiger partial charge in [0, 0.05) is 50.9 Å². The predicted molar refractivity (Wildman–Crippen MR) is 269 cm³/mol. The van der Waals surface area contributed by atoms with Crippen molar-refractivity contribution in [3.8, 4) is 11.1 Å². The molecule has 4 aliphatic rings. The molecule has 3 nitrogen and oxygen atoms in total. The van der Waals surface area contributed by atoms with Gasteiger partial charge in [0.15, 0.2) is 0 Å². The maximum absolute atomic E-state index is 2.87. The van der Waals surface area contributed by atoms with Crippen molar-refractivity contribution in [2.75, 3.05) is 14.7 Å². The Morgan fingerprint density at radius 1 is 0.565 bits per heavy atom. The van der Waals surface area contributed by atoms with Crippen LogP contribution in [0.3, 0.4) is 0 Å². The Morgan fingerprint density at radius 3 is 2.02 bits per heavy atom. The molecule has 1 aliphatic carbocycles. The first-order valence-electron chi connectivity index (χ1n) is 22.7. The van der Waals surface area contributed by atoms with Gasteiger partial charge in [-0.1, -0.05) is 160 Å². The van der Waals surface area contributed by atoms with Crippen LogP contribution in [0.4, 0.5) is 45.5 Å². The molecule has 0 radical (unpaired) electrons. The fraction of sp³-hybridized carbons (Fsp3) is 0.193. The Balaban J connectivity index is 1.09. The van der Waals surface area contributed by atoms with Crippen molar-refractivity contribution in [1.29, 1.82) is 0 Å². The monoisotopic (exact) mass is 817 g/mol. The molecule has 302 valence electrons. The van der Waals surface area contributed by atoms with E-state index < -0.39 is 8.07 Å². The highest BCUT2D eigenvalue weighted by molar-refractivity contribution is 7.00. The molecular weight excluding hydrogens is 766 g/mol. The fourth-order valence-corrected chi connectivity index (χ4v) is 13.1. The standard InChI is InChI=1S/C57H52BN3Si/c1-56-34-14-15-35-57(56,2)61-53-38-45(62(3,4)5)37-52-54(53)58(50-27-17-26-48(56)55(50)61)49-33-32-44(36-51(49)60(52)42-22-10-7-11-23-42)59(41-20-8-6-9-21-41)43-30-28-40(29-31-43)47-25-16-19-39-18-12-13-24-46(39)47/h6-13,16-33,36-38H,14-15,34-35H2,1-5H3. The van der Waals surface area contributed by atoms with Gasteiger partial charge in [-0.3, -0.25) is 0 Å². The number of para-hydroxylation sites is 3. The molecule has 0 saturated heterocycles. The molecule has 3 aliphatic heterocycles. The second-order valence-electron chi connectivity index (χ2n) is 19.7. The Hall–Kier alpha value is -6.30. The summed E-state index contributed by atoms with van der Waals surface area (Å²) in [7, 11) is -1.79. The predicted octanol–water partition coefficient (Wildman–Crippen LogP) is 12.9. The zero-order valence-corrected chi connectivity index (χ0v) is 37.5. The maximum Gasteiger partial charge on any atom is 0.252 e. The molecule has 0 N–H and O–H groups in total. The topological polar surface area (TPSA) is 9.72 Å². The minimum Gasteiger partial charge on any atom is -0.335 e. The van der Waals surface area contributed by atoms with E-state index in [1.807, 2.05) is 0 Å². The van der Waals surface area contributed by atoms with E-state index in [0.29, 0.717) is 0 Å². The lowest BCUT2D eigenvalue weighted by atomic mass is 9.33. The molecule has 1 fully saturated rings. The molecular formula is C57H52BN3Si. The molecule has 12 rings (SSSR count). The third-order valence-electron chi connectivity index (χ3n) is 15.3. The van der Waals surface area contributed by atoms with Crippen LogP contribution in [0.1, 0.15) is 45.1 Å². The third-order valence-corrected chi connectivity index (χ3v) is 17.3. The number of anilines is 8. The summed E-state index contributed by atoms with van der Waals surface area (Å²) in [5.41, 5.74) is 18.5. The van der Waals surface area contributed by atoms with Crippen LogP contribution in [0, 0.1) is 0 Å². The van der Waals surface area contributed by atoms with Gasteiger partial charge in [-0.05, 0) is 124 Å². The van der Waals surface area contributed by atoms with Crippen LogP contribution in [0.2, 0.25) is 19.6 Å². The maximum atomic E-state index is 2.87. The normalized spacial score (nSPS) is 19.5. The Morgan fingerprint density at radius 2 is 1.23 bits per heavy atom. The summed E-state index contributed by atoms with van der Waals surface area (Å²) in [6.45, 7) is 12.8. The van der Waals surface area contributed by atoms with Gasteiger partial charge in [-0.2, -0.15) is 0 Å². The van der Waals surface area contributed by atoms with Gasteiger partial charge >= 0.3 is 0 Å². The second-order valence-corrected chi connectivity index (χ2v) is 24.7. The highest BCUT2D eigenvalue weighted by atomic mass is 28.3. The second kappa shape index (κ2) is 13.6. The average Bonchev–Trinajstić information content (AvgIpc) is 3.51. The lowest BCUT2D eigenvalue weighted by Crippen LogP contribution is -2.65. The molecule has 62 heavy (non-hydrogen) atoms. The highest BCUT2D eigenvalue weighted by Gasteiger charge is 2.61. The number of rotatable bonds is 6. The van der Waals surface area contributed by atoms with Crippen molar-refractivity contribution in [2.45, 2.75) is 70.1 Å². The molecule has 0 amide bonds. The van der Waals surface area contributed by atoms with E-state index in [1.165, 1.54) is 97.6 Å². The summed E-state index contributed by atoms with van der Waals surface area (Å²) in [5, 5.41) is 4.04. The lowest BCUT2D eigenvalue weighted by Gasteiger charge is -2.53. The van der Waals surface area contributed by atoms with Crippen molar-refractivity contribution < 1.29 is 0 Å². The molecule has 0 spiro atoms. The largest absolute Gasteiger partial charge is 0.335 e. The van der Waals surface area contributed by atoms with Crippen LogP contribution >= 0.6 is 0 Å². The number of fused-ring (bicyclic) bond motifs is 8. The van der Waals surface area contributed by atoms with E-state index in [-0.39, 0.29) is 17.7 Å². The summed E-state index contributed by atoms with van der Waals surface area (Å²) in [4.78, 5) is 7.92. The first kappa shape index (κ1) is 37.5. The molecule has 8 aromatic rings. The van der Waals surface area contributed by atoms with Crippen LogP contribution in [0.5, 0.6) is 0 Å². The summed E-state index contributed by atoms with van der Waals surface area (Å²) < 4.78 is 0. The van der Waals surface area contributed by atoms with Gasteiger partial charge in [0.25, 0.3) is 6.71 Å². The van der Waals surface area contributed by atoms with Crippen LogP contribution in [0.15, 0.2) is 176 Å². The van der Waals surface area contributed by atoms with Crippen molar-refractivity contribution >= 4 is 92.6 Å². The highest BCUT2D eigenvalue weighted by Crippen LogP contribution is 2.61. The first-order valence-corrected chi connectivity index (χ1v) is 26.2. The van der Waals surface area contributed by atoms with E-state index >= 15 is 0 Å². The van der Waals surface area contributed by atoms with E-state index in [4.69, 9.17) is 0 Å². The zero-order valence-electron chi connectivity index (χ0n) is 36.5. The lowest BCUT2D eigenvalue weighted by molar-refractivity contribution is 0.195. The third kappa shape index (κ3) is 5.30. The van der Waals surface area contributed by atoms with Gasteiger partial charge in [0.1, 0.15) is 0 Å². The quantitative estimate of drug-likeness (QED) is 0.155. The smallest absolute Gasteiger partial charge is 0.252 e. The van der Waals surface area contributed by atoms with Gasteiger partial charge in [-0.25, -0.2) is 0 Å². The Bertz CT molecular complexity index is 3060. The molecule has 2 unspecified atom stereocenters. The molecule has 0 aromatic heterocycles. The summed E-state index contributed by atoms with van der Waals surface area (Å²) in [5.74, 6) is 0. The van der Waals surface area contributed by atoms with Gasteiger partial charge in [0.2, 0.25) is 0 Å². The van der Waals surface area contributed by atoms with Crippen LogP contribution in [-0.4, -0.2) is 20.3 Å². The SMILES string of the molecule is CC12CCCCC1(C)N1c3cc([Si](C)(C)C)cc4c3B(c3ccc(N(c5ccccc5)c5ccc(-c6cccc7ccccc67)cc5)cc3N4c3ccccc3)c3cccc2c31. The van der Waals surface area contributed by atoms with Crippen LogP contribution in [-0.2, 0) is 5.41 Å². The number of benzene rings is 8. The number of nitrogens with zero attached hydrogens (tertiary/aromatic N) is 3. The molecule has 2 atom stereocenters. The van der Waals surface area contributed by atoms with Gasteiger partial charge < -0.3 is 14.7 Å². The molecule has 0 bridgehead atoms. The summed E-state index contributed by atoms with van der Waals surface area (Å²) in [6, 6.07) is 66.4. The van der Waals surface area contributed by atoms with E-state index in [9.17, 15) is 0 Å². The van der Waals surface area contributed by atoms with E-state index in [0.717, 1.165) is 17.1 Å². The summed E-state index contributed by atoms with van der Waals surface area (Å²) >= 11 is 0. The van der Waals surface area contributed by atoms with E-state index in [1.54, 1.807) is 5.56 Å². The molecule has 3 heterocycles. The zero-order chi connectivity index (χ0) is 42.0. The number of hydrogen-bond donors (Lipinski definition) is 0. The Kier molecular flexibility index (Phi) is 8.22. The van der Waals surface area contributed by atoms with Crippen molar-refractivity contribution in [1.82, 2.24) is 0 Å². The Labute approximate surface area is 368 Å². The molecule has 5 heteroatoms. The fourth-order valence-electron chi connectivity index (χ4n) is 12.0. The number of hydrogen-bond acceptors (Lipinski definition) is 3. The molecule has 8 aromatic carbocycles. The van der Waals surface area contributed by atoms with Gasteiger partial charge in [-0.15, -0.1) is 0 Å². The van der Waals surface area contributed by atoms with Crippen LogP contribution < -0.4 is 36.3 Å². The van der Waals surface area contributed by atoms with Crippen molar-refractivity contribution in [2.24, 2.45) is 0 Å². The first-order chi connectivity index (χ1) is 30.1. The minimum absolute atomic E-state index is 0.00153. The molecule has 1 saturated carbocycles. The summed E-state index contributed by atoms with van der Waals surface area (Å²) in [6.07, 6.45) is 4.99. The van der Waals surface area contributed by atoms with E-state index in [2.05, 4.69) is 224 Å². The minimum atomic E-state index is -1.79. The van der Waals surface area contributed by atoms with Gasteiger partial charge in [0.05, 0.1) is 13.6 Å². The average molecular weight is 818 g/mol.